The third kappa shape index (κ3) is 4.21. The molecule has 2 rings (SSSR count). The summed E-state index contributed by atoms with van der Waals surface area (Å²) in [5, 5.41) is 0. The quantitative estimate of drug-likeness (QED) is 0.653. The minimum absolute atomic E-state index is 0.492. The van der Waals surface area contributed by atoms with E-state index < -0.39 is 11.6 Å². The van der Waals surface area contributed by atoms with Crippen molar-refractivity contribution in [2.45, 2.75) is 11.4 Å². The van der Waals surface area contributed by atoms with Crippen LogP contribution in [0.15, 0.2) is 47.4 Å². The Kier molecular flexibility index (Phi) is 5.38. The maximum Gasteiger partial charge on any atom is 0.159 e. The summed E-state index contributed by atoms with van der Waals surface area (Å²) in [6.07, 6.45) is 0. The minimum Gasteiger partial charge on any atom is -0.493 e. The standard InChI is InChI=1S/C15H15F2NOS/c16-14-6-5-13(9-15(14)17)20-8-7-19-12-3-1-11(10-18)2-4-12/h1-6,9H,7-8,10,18H2. The number of halogens is 2. The molecule has 0 spiro atoms. The molecule has 0 aliphatic rings. The largest absolute Gasteiger partial charge is 0.493 e. The molecule has 5 heteroatoms. The molecule has 0 aliphatic heterocycles. The van der Waals surface area contributed by atoms with Gasteiger partial charge in [-0.1, -0.05) is 12.1 Å². The van der Waals surface area contributed by atoms with Crippen molar-refractivity contribution >= 4 is 11.8 Å². The van der Waals surface area contributed by atoms with Gasteiger partial charge in [-0.15, -0.1) is 11.8 Å². The third-order valence-corrected chi connectivity index (χ3v) is 3.63. The molecule has 2 N–H and O–H groups in total. The first-order valence-corrected chi connectivity index (χ1v) is 7.17. The van der Waals surface area contributed by atoms with E-state index in [1.807, 2.05) is 24.3 Å². The lowest BCUT2D eigenvalue weighted by atomic mass is 10.2. The second-order valence-corrected chi connectivity index (χ2v) is 5.29. The van der Waals surface area contributed by atoms with Crippen LogP contribution >= 0.6 is 11.8 Å². The van der Waals surface area contributed by atoms with Gasteiger partial charge in [0.2, 0.25) is 0 Å². The van der Waals surface area contributed by atoms with Crippen LogP contribution in [0, 0.1) is 11.6 Å². The van der Waals surface area contributed by atoms with Crippen molar-refractivity contribution in [1.82, 2.24) is 0 Å². The van der Waals surface area contributed by atoms with Crippen LogP contribution in [0.4, 0.5) is 8.78 Å². The van der Waals surface area contributed by atoms with Crippen LogP contribution in [-0.4, -0.2) is 12.4 Å². The zero-order valence-corrected chi connectivity index (χ0v) is 11.6. The van der Waals surface area contributed by atoms with Crippen LogP contribution in [-0.2, 0) is 6.54 Å². The van der Waals surface area contributed by atoms with Gasteiger partial charge in [0.15, 0.2) is 11.6 Å². The zero-order chi connectivity index (χ0) is 14.4. The molecule has 0 aliphatic carbocycles. The Morgan fingerprint density at radius 1 is 1.00 bits per heavy atom. The van der Waals surface area contributed by atoms with Gasteiger partial charge >= 0.3 is 0 Å². The van der Waals surface area contributed by atoms with Gasteiger partial charge in [0.1, 0.15) is 5.75 Å². The van der Waals surface area contributed by atoms with E-state index in [2.05, 4.69) is 0 Å². The topological polar surface area (TPSA) is 35.2 Å². The van der Waals surface area contributed by atoms with E-state index in [1.165, 1.54) is 17.8 Å². The van der Waals surface area contributed by atoms with Crippen molar-refractivity contribution in [1.29, 1.82) is 0 Å². The number of rotatable bonds is 6. The Bertz CT molecular complexity index is 560. The van der Waals surface area contributed by atoms with Gasteiger partial charge in [-0.3, -0.25) is 0 Å². The van der Waals surface area contributed by atoms with E-state index in [0.29, 0.717) is 23.8 Å². The highest BCUT2D eigenvalue weighted by Gasteiger charge is 2.03. The van der Waals surface area contributed by atoms with Crippen molar-refractivity contribution in [3.05, 3.63) is 59.7 Å². The average Bonchev–Trinajstić information content (AvgIpc) is 2.48. The van der Waals surface area contributed by atoms with Crippen LogP contribution in [0.1, 0.15) is 5.56 Å². The summed E-state index contributed by atoms with van der Waals surface area (Å²) in [6, 6.07) is 11.4. The van der Waals surface area contributed by atoms with E-state index in [9.17, 15) is 8.78 Å². The van der Waals surface area contributed by atoms with Crippen LogP contribution in [0.25, 0.3) is 0 Å². The molecule has 106 valence electrons. The summed E-state index contributed by atoms with van der Waals surface area (Å²) in [5.74, 6) is -0.226. The zero-order valence-electron chi connectivity index (χ0n) is 10.8. The molecule has 0 aromatic heterocycles. The molecule has 2 aromatic carbocycles. The summed E-state index contributed by atoms with van der Waals surface area (Å²) in [4.78, 5) is 0.686. The molecule has 0 unspecified atom stereocenters. The second-order valence-electron chi connectivity index (χ2n) is 4.12. The number of nitrogens with two attached hydrogens (primary N) is 1. The lowest BCUT2D eigenvalue weighted by Crippen LogP contribution is -2.01. The third-order valence-electron chi connectivity index (χ3n) is 2.67. The maximum absolute atomic E-state index is 13.0. The van der Waals surface area contributed by atoms with Crippen molar-refractivity contribution in [3.63, 3.8) is 0 Å². The van der Waals surface area contributed by atoms with Crippen LogP contribution in [0.5, 0.6) is 5.75 Å². The Morgan fingerprint density at radius 3 is 2.40 bits per heavy atom. The molecule has 0 saturated heterocycles. The van der Waals surface area contributed by atoms with Gasteiger partial charge in [-0.2, -0.15) is 0 Å². The first-order valence-electron chi connectivity index (χ1n) is 6.18. The van der Waals surface area contributed by atoms with E-state index >= 15 is 0 Å². The molecule has 0 amide bonds. The minimum atomic E-state index is -0.828. The van der Waals surface area contributed by atoms with Gasteiger partial charge in [-0.25, -0.2) is 8.78 Å². The van der Waals surface area contributed by atoms with Gasteiger partial charge in [0, 0.05) is 17.2 Å². The van der Waals surface area contributed by atoms with E-state index in [1.54, 1.807) is 6.07 Å². The number of benzene rings is 2. The number of thioether (sulfide) groups is 1. The predicted octanol–water partition coefficient (Wildman–Crippen LogP) is 3.59. The molecular formula is C15H15F2NOS. The van der Waals surface area contributed by atoms with Crippen molar-refractivity contribution in [2.24, 2.45) is 5.73 Å². The Labute approximate surface area is 120 Å². The van der Waals surface area contributed by atoms with Gasteiger partial charge in [-0.05, 0) is 35.9 Å². The molecule has 0 heterocycles. The summed E-state index contributed by atoms with van der Waals surface area (Å²) >= 11 is 1.42. The highest BCUT2D eigenvalue weighted by atomic mass is 32.2. The first-order chi connectivity index (χ1) is 9.69. The van der Waals surface area contributed by atoms with Crippen molar-refractivity contribution < 1.29 is 13.5 Å². The van der Waals surface area contributed by atoms with Gasteiger partial charge in [0.25, 0.3) is 0 Å². The first kappa shape index (κ1) is 14.8. The molecule has 0 fully saturated rings. The molecule has 0 saturated carbocycles. The lowest BCUT2D eigenvalue weighted by molar-refractivity contribution is 0.344. The summed E-state index contributed by atoms with van der Waals surface area (Å²) in [7, 11) is 0. The van der Waals surface area contributed by atoms with E-state index in [4.69, 9.17) is 10.5 Å². The number of hydrogen-bond donors (Lipinski definition) is 1. The van der Waals surface area contributed by atoms with Crippen LogP contribution in [0.2, 0.25) is 0 Å². The highest BCUT2D eigenvalue weighted by Crippen LogP contribution is 2.20. The fourth-order valence-corrected chi connectivity index (χ4v) is 2.36. The summed E-state index contributed by atoms with van der Waals surface area (Å²) in [6.45, 7) is 0.998. The smallest absolute Gasteiger partial charge is 0.159 e. The Morgan fingerprint density at radius 2 is 1.75 bits per heavy atom. The fraction of sp³-hybridized carbons (Fsp3) is 0.200. The summed E-state index contributed by atoms with van der Waals surface area (Å²) < 4.78 is 31.3. The highest BCUT2D eigenvalue weighted by molar-refractivity contribution is 7.99. The van der Waals surface area contributed by atoms with E-state index in [-0.39, 0.29) is 0 Å². The SMILES string of the molecule is NCc1ccc(OCCSc2ccc(F)c(F)c2)cc1. The molecular weight excluding hydrogens is 280 g/mol. The molecule has 0 radical (unpaired) electrons. The molecule has 20 heavy (non-hydrogen) atoms. The predicted molar refractivity (Wildman–Crippen MR) is 76.9 cm³/mol. The van der Waals surface area contributed by atoms with Gasteiger partial charge in [0.05, 0.1) is 6.61 Å². The molecule has 2 nitrogen and oxygen atoms in total. The molecule has 2 aromatic rings. The van der Waals surface area contributed by atoms with Crippen molar-refractivity contribution in [2.75, 3.05) is 12.4 Å². The molecule has 0 atom stereocenters. The average molecular weight is 295 g/mol. The second kappa shape index (κ2) is 7.26. The molecule has 0 bridgehead atoms. The Hall–Kier alpha value is -1.59. The summed E-state index contributed by atoms with van der Waals surface area (Å²) in [5.41, 5.74) is 6.56. The number of hydrogen-bond acceptors (Lipinski definition) is 3. The van der Waals surface area contributed by atoms with Crippen LogP contribution < -0.4 is 10.5 Å². The van der Waals surface area contributed by atoms with Crippen LogP contribution in [0.3, 0.4) is 0 Å². The monoisotopic (exact) mass is 295 g/mol. The normalized spacial score (nSPS) is 10.6. The lowest BCUT2D eigenvalue weighted by Gasteiger charge is -2.07. The fourth-order valence-electron chi connectivity index (χ4n) is 1.61. The van der Waals surface area contributed by atoms with E-state index in [0.717, 1.165) is 17.4 Å². The van der Waals surface area contributed by atoms with Gasteiger partial charge < -0.3 is 10.5 Å². The number of ether oxygens (including phenoxy) is 1. The maximum atomic E-state index is 13.0. The van der Waals surface area contributed by atoms with Crippen molar-refractivity contribution in [3.8, 4) is 5.75 Å². The Balaban J connectivity index is 1.76.